The molecule has 1 aromatic carbocycles. The lowest BCUT2D eigenvalue weighted by Crippen LogP contribution is -2.13. The molecule has 0 fully saturated rings. The molecule has 6 heteroatoms. The van der Waals surface area contributed by atoms with E-state index in [-0.39, 0.29) is 11.0 Å². The number of thioether (sulfide) groups is 1. The molecule has 0 radical (unpaired) electrons. The lowest BCUT2D eigenvalue weighted by atomic mass is 10.1. The first-order valence-corrected chi connectivity index (χ1v) is 7.47. The van der Waals surface area contributed by atoms with Crippen LogP contribution in [-0.4, -0.2) is 33.6 Å². The number of carbonyl (C=O) groups is 2. The minimum absolute atomic E-state index is 0.0229. The summed E-state index contributed by atoms with van der Waals surface area (Å²) >= 11 is 1.28. The van der Waals surface area contributed by atoms with Crippen molar-refractivity contribution in [3.05, 3.63) is 47.8 Å². The second kappa shape index (κ2) is 7.08. The van der Waals surface area contributed by atoms with Gasteiger partial charge < -0.3 is 9.72 Å². The van der Waals surface area contributed by atoms with Crippen molar-refractivity contribution in [2.24, 2.45) is 0 Å². The summed E-state index contributed by atoms with van der Waals surface area (Å²) in [7, 11) is 0. The molecule has 0 amide bonds. The summed E-state index contributed by atoms with van der Waals surface area (Å²) in [4.78, 5) is 30.7. The molecule has 0 saturated heterocycles. The summed E-state index contributed by atoms with van der Waals surface area (Å²) < 4.78 is 4.88. The Morgan fingerprint density at radius 2 is 2.05 bits per heavy atom. The second-order valence-corrected chi connectivity index (χ2v) is 5.64. The molecular formula is C15H16N2O3S. The highest BCUT2D eigenvalue weighted by Gasteiger charge is 2.19. The highest BCUT2D eigenvalue weighted by atomic mass is 32.2. The fourth-order valence-corrected chi connectivity index (χ4v) is 2.59. The number of nitrogens with zero attached hydrogens (tertiary/aromatic N) is 1. The average molecular weight is 304 g/mol. The van der Waals surface area contributed by atoms with Crippen LogP contribution in [0.3, 0.4) is 0 Å². The topological polar surface area (TPSA) is 72.0 Å². The SMILES string of the molecule is CCOC(=O)c1cnc(SC(C)C(=O)c2ccccc2)[nH]1. The zero-order valence-electron chi connectivity index (χ0n) is 11.8. The first kappa shape index (κ1) is 15.3. The van der Waals surface area contributed by atoms with E-state index in [4.69, 9.17) is 4.74 Å². The van der Waals surface area contributed by atoms with E-state index in [0.29, 0.717) is 23.0 Å². The molecular weight excluding hydrogens is 288 g/mol. The lowest BCUT2D eigenvalue weighted by molar-refractivity contribution is 0.0519. The van der Waals surface area contributed by atoms with Gasteiger partial charge in [-0.3, -0.25) is 4.79 Å². The molecule has 5 nitrogen and oxygen atoms in total. The van der Waals surface area contributed by atoms with Crippen LogP contribution in [0, 0.1) is 0 Å². The normalized spacial score (nSPS) is 11.9. The number of aromatic amines is 1. The van der Waals surface area contributed by atoms with E-state index in [1.165, 1.54) is 18.0 Å². The van der Waals surface area contributed by atoms with Crippen molar-refractivity contribution in [3.8, 4) is 0 Å². The Bertz CT molecular complexity index is 625. The molecule has 0 aliphatic carbocycles. The van der Waals surface area contributed by atoms with Crippen LogP contribution in [-0.2, 0) is 4.74 Å². The van der Waals surface area contributed by atoms with Gasteiger partial charge in [-0.1, -0.05) is 42.1 Å². The van der Waals surface area contributed by atoms with E-state index in [2.05, 4.69) is 9.97 Å². The number of imidazole rings is 1. The largest absolute Gasteiger partial charge is 0.461 e. The van der Waals surface area contributed by atoms with Crippen molar-refractivity contribution in [1.82, 2.24) is 9.97 Å². The van der Waals surface area contributed by atoms with Gasteiger partial charge in [0.2, 0.25) is 0 Å². The Labute approximate surface area is 127 Å². The molecule has 0 spiro atoms. The molecule has 0 bridgehead atoms. The number of H-pyrrole nitrogens is 1. The lowest BCUT2D eigenvalue weighted by Gasteiger charge is -2.08. The number of carbonyl (C=O) groups excluding carboxylic acids is 2. The smallest absolute Gasteiger partial charge is 0.356 e. The molecule has 110 valence electrons. The van der Waals surface area contributed by atoms with Crippen LogP contribution in [0.4, 0.5) is 0 Å². The van der Waals surface area contributed by atoms with E-state index in [0.717, 1.165) is 0 Å². The summed E-state index contributed by atoms with van der Waals surface area (Å²) in [5.41, 5.74) is 0.952. The fourth-order valence-electron chi connectivity index (χ4n) is 1.73. The highest BCUT2D eigenvalue weighted by molar-refractivity contribution is 8.00. The van der Waals surface area contributed by atoms with Gasteiger partial charge in [0.25, 0.3) is 0 Å². The third kappa shape index (κ3) is 3.95. The van der Waals surface area contributed by atoms with Gasteiger partial charge in [-0.25, -0.2) is 9.78 Å². The summed E-state index contributed by atoms with van der Waals surface area (Å²) in [5, 5.41) is 0.225. The van der Waals surface area contributed by atoms with Gasteiger partial charge in [-0.05, 0) is 13.8 Å². The van der Waals surface area contributed by atoms with Crippen LogP contribution in [0.25, 0.3) is 0 Å². The monoisotopic (exact) mass is 304 g/mol. The van der Waals surface area contributed by atoms with Crippen molar-refractivity contribution in [2.75, 3.05) is 6.61 Å². The van der Waals surface area contributed by atoms with Crippen LogP contribution in [0.1, 0.15) is 34.7 Å². The summed E-state index contributed by atoms with van der Waals surface area (Å²) in [5.74, 6) is -0.423. The minimum atomic E-state index is -0.445. The average Bonchev–Trinajstić information content (AvgIpc) is 2.96. The van der Waals surface area contributed by atoms with Crippen molar-refractivity contribution in [1.29, 1.82) is 0 Å². The van der Waals surface area contributed by atoms with E-state index in [9.17, 15) is 9.59 Å². The number of aromatic nitrogens is 2. The van der Waals surface area contributed by atoms with Crippen LogP contribution in [0.5, 0.6) is 0 Å². The number of hydrogen-bond acceptors (Lipinski definition) is 5. The van der Waals surface area contributed by atoms with Crippen LogP contribution < -0.4 is 0 Å². The van der Waals surface area contributed by atoms with Gasteiger partial charge in [0.05, 0.1) is 18.1 Å². The zero-order chi connectivity index (χ0) is 15.2. The quantitative estimate of drug-likeness (QED) is 0.504. The predicted molar refractivity (Wildman–Crippen MR) is 80.6 cm³/mol. The predicted octanol–water partition coefficient (Wildman–Crippen LogP) is 2.95. The molecule has 0 saturated carbocycles. The number of nitrogens with one attached hydrogen (secondary N) is 1. The van der Waals surface area contributed by atoms with Crippen molar-refractivity contribution in [3.63, 3.8) is 0 Å². The highest BCUT2D eigenvalue weighted by Crippen LogP contribution is 2.23. The molecule has 1 aromatic heterocycles. The fraction of sp³-hybridized carbons (Fsp3) is 0.267. The van der Waals surface area contributed by atoms with Gasteiger partial charge in [-0.2, -0.15) is 0 Å². The number of Topliss-reactive ketones (excluding diaryl/α,β-unsaturated/α-hetero) is 1. The van der Waals surface area contributed by atoms with Crippen molar-refractivity contribution < 1.29 is 14.3 Å². The minimum Gasteiger partial charge on any atom is -0.461 e. The van der Waals surface area contributed by atoms with Gasteiger partial charge in [0.15, 0.2) is 10.9 Å². The second-order valence-electron chi connectivity index (χ2n) is 4.31. The Morgan fingerprint density at radius 1 is 1.33 bits per heavy atom. The number of esters is 1. The van der Waals surface area contributed by atoms with Gasteiger partial charge >= 0.3 is 5.97 Å². The number of ether oxygens (including phenoxy) is 1. The van der Waals surface area contributed by atoms with Gasteiger partial charge in [0, 0.05) is 5.56 Å². The number of benzene rings is 1. The Morgan fingerprint density at radius 3 is 2.71 bits per heavy atom. The molecule has 1 N–H and O–H groups in total. The Kier molecular flexibility index (Phi) is 5.16. The molecule has 0 aliphatic heterocycles. The molecule has 1 unspecified atom stereocenters. The van der Waals surface area contributed by atoms with Crippen LogP contribution in [0.15, 0.2) is 41.7 Å². The third-order valence-corrected chi connectivity index (χ3v) is 3.76. The zero-order valence-corrected chi connectivity index (χ0v) is 12.6. The van der Waals surface area contributed by atoms with E-state index in [1.807, 2.05) is 25.1 Å². The molecule has 2 aromatic rings. The number of ketones is 1. The maximum atomic E-state index is 12.2. The maximum Gasteiger partial charge on any atom is 0.356 e. The first-order valence-electron chi connectivity index (χ1n) is 6.60. The Balaban J connectivity index is 2.01. The maximum absolute atomic E-state index is 12.2. The molecule has 1 atom stereocenters. The number of rotatable bonds is 6. The Hall–Kier alpha value is -2.08. The van der Waals surface area contributed by atoms with Crippen molar-refractivity contribution in [2.45, 2.75) is 24.3 Å². The standard InChI is InChI=1S/C15H16N2O3S/c1-3-20-14(19)12-9-16-15(17-12)21-10(2)13(18)11-7-5-4-6-8-11/h4-10H,3H2,1-2H3,(H,16,17). The molecule has 0 aliphatic rings. The molecule has 1 heterocycles. The number of hydrogen-bond donors (Lipinski definition) is 1. The summed E-state index contributed by atoms with van der Waals surface area (Å²) in [6, 6.07) is 9.09. The van der Waals surface area contributed by atoms with Crippen molar-refractivity contribution >= 4 is 23.5 Å². The molecule has 2 rings (SSSR count). The van der Waals surface area contributed by atoms with E-state index in [1.54, 1.807) is 19.1 Å². The third-order valence-electron chi connectivity index (χ3n) is 2.76. The first-order chi connectivity index (χ1) is 10.1. The summed E-state index contributed by atoms with van der Waals surface area (Å²) in [6.07, 6.45) is 1.42. The molecule has 21 heavy (non-hydrogen) atoms. The van der Waals surface area contributed by atoms with E-state index < -0.39 is 5.97 Å². The van der Waals surface area contributed by atoms with Gasteiger partial charge in [-0.15, -0.1) is 0 Å². The van der Waals surface area contributed by atoms with Crippen LogP contribution in [0.2, 0.25) is 0 Å². The summed E-state index contributed by atoms with van der Waals surface area (Å²) in [6.45, 7) is 3.86. The van der Waals surface area contributed by atoms with Crippen LogP contribution >= 0.6 is 11.8 Å². The van der Waals surface area contributed by atoms with E-state index >= 15 is 0 Å². The van der Waals surface area contributed by atoms with Gasteiger partial charge in [0.1, 0.15) is 5.69 Å².